The first-order chi connectivity index (χ1) is 34.8. The van der Waals surface area contributed by atoms with E-state index in [9.17, 15) is 0 Å². The number of hydrogen-bond donors (Lipinski definition) is 0. The lowest BCUT2D eigenvalue weighted by Gasteiger charge is -2.59. The number of hydrogen-bond acceptors (Lipinski definition) is 0. The van der Waals surface area contributed by atoms with Crippen molar-refractivity contribution in [3.8, 4) is 0 Å². The van der Waals surface area contributed by atoms with Gasteiger partial charge < -0.3 is 0 Å². The summed E-state index contributed by atoms with van der Waals surface area (Å²) in [6.07, 6.45) is 101. The average Bonchev–Trinajstić information content (AvgIpc) is 3.56. The Morgan fingerprint density at radius 1 is 0.300 bits per heavy atom. The molecule has 0 heteroatoms. The van der Waals surface area contributed by atoms with Crippen molar-refractivity contribution in [1.29, 1.82) is 0 Å². The number of allylic oxidation sites excluding steroid dienone is 32. The van der Waals surface area contributed by atoms with Crippen LogP contribution in [0.1, 0.15) is 231 Å². The van der Waals surface area contributed by atoms with Gasteiger partial charge in [0.1, 0.15) is 0 Å². The third-order valence-electron chi connectivity index (χ3n) is 17.5. The standard InChI is InChI=1S/C70H94/c1-2-12-27-43-59(44-28-13-3-1)66-57-41-26-42-58-69(62-49-33-18-8-19-34-50-62,63-51-35-20-9-21-36-52-63)70(64-53-37-22-10-23-38-54-64,65-55-39-24-11-25-40-56-65)68(61-47-31-16-6-7-17-32-48-61)67(66)60-45-29-14-4-5-15-30-46-60/h10-11,14,18,22-25,29,33,37-39,43,45,47,49,51,53-55,57H,1-9,12-13,15-17,19-21,26-28,30-32,34-36,40-42,44,46,48,50,52,56,58H2. The Hall–Kier alpha value is -4.16. The molecule has 0 fully saturated rings. The summed E-state index contributed by atoms with van der Waals surface area (Å²) in [6, 6.07) is 0. The first-order valence-electron chi connectivity index (χ1n) is 29.8. The van der Waals surface area contributed by atoms with Gasteiger partial charge in [0.25, 0.3) is 0 Å². The van der Waals surface area contributed by atoms with Gasteiger partial charge in [-0.3, -0.25) is 0 Å². The highest BCUT2D eigenvalue weighted by Gasteiger charge is 2.60. The molecule has 0 saturated carbocycles. The summed E-state index contributed by atoms with van der Waals surface area (Å²) < 4.78 is 0. The van der Waals surface area contributed by atoms with Crippen molar-refractivity contribution in [2.45, 2.75) is 231 Å². The van der Waals surface area contributed by atoms with Crippen LogP contribution in [0.5, 0.6) is 0 Å². The van der Waals surface area contributed by atoms with Crippen LogP contribution in [0.4, 0.5) is 0 Å². The molecule has 0 aliphatic heterocycles. The quantitative estimate of drug-likeness (QED) is 0.223. The molecule has 0 bridgehead atoms. The van der Waals surface area contributed by atoms with Crippen LogP contribution in [0.3, 0.4) is 0 Å². The van der Waals surface area contributed by atoms with Crippen molar-refractivity contribution in [1.82, 2.24) is 0 Å². The lowest BCUT2D eigenvalue weighted by atomic mass is 9.43. The highest BCUT2D eigenvalue weighted by molar-refractivity contribution is 5.71. The van der Waals surface area contributed by atoms with Crippen molar-refractivity contribution >= 4 is 0 Å². The Bertz CT molecular complexity index is 2220. The van der Waals surface area contributed by atoms with E-state index in [0.29, 0.717) is 0 Å². The summed E-state index contributed by atoms with van der Waals surface area (Å²) in [6.45, 7) is 0. The first kappa shape index (κ1) is 52.2. The highest BCUT2D eigenvalue weighted by atomic mass is 14.6. The van der Waals surface area contributed by atoms with Crippen LogP contribution in [0.25, 0.3) is 0 Å². The Morgan fingerprint density at radius 2 is 0.814 bits per heavy atom. The molecule has 70 heavy (non-hydrogen) atoms. The van der Waals surface area contributed by atoms with Crippen LogP contribution in [-0.2, 0) is 0 Å². The molecule has 8 aliphatic carbocycles. The Balaban J connectivity index is 1.68. The molecule has 0 saturated heterocycles. The van der Waals surface area contributed by atoms with Crippen LogP contribution < -0.4 is 0 Å². The van der Waals surface area contributed by atoms with E-state index in [4.69, 9.17) is 0 Å². The largest absolute Gasteiger partial charge is 0.0845 e. The van der Waals surface area contributed by atoms with Crippen molar-refractivity contribution in [2.24, 2.45) is 10.8 Å². The van der Waals surface area contributed by atoms with E-state index in [0.717, 1.165) is 32.1 Å². The zero-order valence-electron chi connectivity index (χ0n) is 44.2. The van der Waals surface area contributed by atoms with Gasteiger partial charge in [0.05, 0.1) is 5.41 Å². The summed E-state index contributed by atoms with van der Waals surface area (Å²) in [5.41, 5.74) is 15.8. The fourth-order valence-corrected chi connectivity index (χ4v) is 14.1. The van der Waals surface area contributed by atoms with Crippen LogP contribution >= 0.6 is 0 Å². The number of rotatable bonds is 7. The zero-order chi connectivity index (χ0) is 47.8. The second kappa shape index (κ2) is 28.8. The predicted octanol–water partition coefficient (Wildman–Crippen LogP) is 21.7. The van der Waals surface area contributed by atoms with E-state index in [2.05, 4.69) is 134 Å². The van der Waals surface area contributed by atoms with E-state index in [1.165, 1.54) is 205 Å². The Labute approximate surface area is 429 Å². The predicted molar refractivity (Wildman–Crippen MR) is 307 cm³/mol. The molecule has 0 N–H and O–H groups in total. The van der Waals surface area contributed by atoms with Crippen LogP contribution in [-0.4, -0.2) is 0 Å². The lowest BCUT2D eigenvalue weighted by Crippen LogP contribution is -2.50. The summed E-state index contributed by atoms with van der Waals surface area (Å²) in [5, 5.41) is 0. The summed E-state index contributed by atoms with van der Waals surface area (Å²) >= 11 is 0. The molecule has 0 spiro atoms. The molecule has 0 heterocycles. The molecule has 8 rings (SSSR count). The van der Waals surface area contributed by atoms with Crippen molar-refractivity contribution in [3.63, 3.8) is 0 Å². The topological polar surface area (TPSA) is 0 Å². The van der Waals surface area contributed by atoms with Gasteiger partial charge in [-0.2, -0.15) is 0 Å². The van der Waals surface area contributed by atoms with Crippen molar-refractivity contribution in [2.75, 3.05) is 0 Å². The van der Waals surface area contributed by atoms with Gasteiger partial charge in [-0.15, -0.1) is 0 Å². The Kier molecular flexibility index (Phi) is 21.4. The molecule has 2 atom stereocenters. The summed E-state index contributed by atoms with van der Waals surface area (Å²) in [7, 11) is 0. The minimum atomic E-state index is -0.496. The maximum atomic E-state index is 2.89. The fourth-order valence-electron chi connectivity index (χ4n) is 14.1. The van der Waals surface area contributed by atoms with Crippen LogP contribution in [0, 0.1) is 10.8 Å². The second-order valence-electron chi connectivity index (χ2n) is 22.3. The highest BCUT2D eigenvalue weighted by Crippen LogP contribution is 2.70. The molecule has 0 aromatic carbocycles. The monoisotopic (exact) mass is 935 g/mol. The minimum absolute atomic E-state index is 0.274. The molecule has 0 nitrogen and oxygen atoms in total. The van der Waals surface area contributed by atoms with Crippen molar-refractivity contribution < 1.29 is 0 Å². The van der Waals surface area contributed by atoms with E-state index < -0.39 is 5.41 Å². The molecular formula is C70H94. The van der Waals surface area contributed by atoms with Crippen LogP contribution in [0.2, 0.25) is 0 Å². The normalized spacial score (nSPS) is 28.0. The third kappa shape index (κ3) is 13.3. The maximum Gasteiger partial charge on any atom is 0.0553 e. The lowest BCUT2D eigenvalue weighted by molar-refractivity contribution is 0.196. The molecule has 8 aliphatic rings. The molecule has 0 amide bonds. The van der Waals surface area contributed by atoms with Crippen molar-refractivity contribution in [3.05, 3.63) is 189 Å². The van der Waals surface area contributed by atoms with Crippen LogP contribution in [0.15, 0.2) is 189 Å². The van der Waals surface area contributed by atoms with E-state index in [-0.39, 0.29) is 5.41 Å². The van der Waals surface area contributed by atoms with E-state index >= 15 is 0 Å². The fraction of sp³-hybridized carbons (Fsp3) is 0.543. The van der Waals surface area contributed by atoms with Gasteiger partial charge in [0.15, 0.2) is 0 Å². The van der Waals surface area contributed by atoms with Gasteiger partial charge in [-0.1, -0.05) is 221 Å². The zero-order valence-corrected chi connectivity index (χ0v) is 44.2. The molecule has 374 valence electrons. The molecule has 0 aromatic rings. The molecule has 0 radical (unpaired) electrons. The van der Waals surface area contributed by atoms with E-state index in [1.807, 2.05) is 0 Å². The average molecular weight is 936 g/mol. The van der Waals surface area contributed by atoms with Gasteiger partial charge in [0, 0.05) is 5.41 Å². The van der Waals surface area contributed by atoms with E-state index in [1.54, 1.807) is 50.2 Å². The Morgan fingerprint density at radius 3 is 1.63 bits per heavy atom. The summed E-state index contributed by atoms with van der Waals surface area (Å²) in [5.74, 6) is 0. The second-order valence-corrected chi connectivity index (χ2v) is 22.3. The van der Waals surface area contributed by atoms with Gasteiger partial charge in [-0.05, 0) is 200 Å². The van der Waals surface area contributed by atoms with Gasteiger partial charge >= 0.3 is 0 Å². The van der Waals surface area contributed by atoms with Gasteiger partial charge in [-0.25, -0.2) is 0 Å². The first-order valence-corrected chi connectivity index (χ1v) is 29.8. The molecular weight excluding hydrogens is 841 g/mol. The van der Waals surface area contributed by atoms with Gasteiger partial charge in [0.2, 0.25) is 0 Å². The molecule has 0 aromatic heterocycles. The SMILES string of the molecule is C1=CC=CC(C2(C3=CC=CC=CCC3)C(C3=CCCCCCCC3)=C(C3=CC=CCCCCC3)C(C3=CCCCCCCCC3)=CCCCCC2(C2=CC=CCCCC2)C2=CCCCCCC2)=CC=C1. The smallest absolute Gasteiger partial charge is 0.0553 e. The third-order valence-corrected chi connectivity index (χ3v) is 17.5. The summed E-state index contributed by atoms with van der Waals surface area (Å²) in [4.78, 5) is 0. The maximum absolute atomic E-state index is 2.89. The molecule has 2 unspecified atom stereocenters. The minimum Gasteiger partial charge on any atom is -0.0845 e.